The van der Waals surface area contributed by atoms with Crippen molar-refractivity contribution in [1.29, 1.82) is 0 Å². The Labute approximate surface area is 74.5 Å². The molecule has 0 spiro atoms. The summed E-state index contributed by atoms with van der Waals surface area (Å²) in [5.41, 5.74) is 5.70. The summed E-state index contributed by atoms with van der Waals surface area (Å²) in [7, 11) is 0. The van der Waals surface area contributed by atoms with Crippen LogP contribution in [0.25, 0.3) is 0 Å². The van der Waals surface area contributed by atoms with Crippen molar-refractivity contribution >= 4 is 0 Å². The van der Waals surface area contributed by atoms with Crippen LogP contribution >= 0.6 is 0 Å². The summed E-state index contributed by atoms with van der Waals surface area (Å²) in [6.45, 7) is 5.60. The molecule has 3 heteroatoms. The van der Waals surface area contributed by atoms with Crippen molar-refractivity contribution in [2.45, 2.75) is 25.8 Å². The van der Waals surface area contributed by atoms with Gasteiger partial charge in [-0.15, -0.1) is 0 Å². The molecule has 0 aromatic heterocycles. The first kappa shape index (κ1) is 9.96. The van der Waals surface area contributed by atoms with Crippen molar-refractivity contribution in [3.63, 3.8) is 0 Å². The van der Waals surface area contributed by atoms with Gasteiger partial charge in [0.1, 0.15) is 0 Å². The first-order chi connectivity index (χ1) is 5.72. The van der Waals surface area contributed by atoms with Crippen molar-refractivity contribution in [1.82, 2.24) is 4.90 Å². The van der Waals surface area contributed by atoms with Crippen LogP contribution < -0.4 is 5.73 Å². The Morgan fingerprint density at radius 3 is 2.50 bits per heavy atom. The Morgan fingerprint density at radius 1 is 1.50 bits per heavy atom. The molecule has 3 N–H and O–H groups in total. The molecule has 1 atom stereocenters. The predicted molar refractivity (Wildman–Crippen MR) is 49.9 cm³/mol. The third-order valence-electron chi connectivity index (χ3n) is 2.51. The Hall–Kier alpha value is -0.120. The molecule has 1 unspecified atom stereocenters. The lowest BCUT2D eigenvalue weighted by molar-refractivity contribution is 0.128. The molecule has 0 aliphatic carbocycles. The first-order valence-corrected chi connectivity index (χ1v) is 4.81. The van der Waals surface area contributed by atoms with Crippen LogP contribution in [0.2, 0.25) is 0 Å². The molecule has 1 fully saturated rings. The predicted octanol–water partition coefficient (Wildman–Crippen LogP) is 0.0379. The Bertz CT molecular complexity index is 120. The molecule has 12 heavy (non-hydrogen) atoms. The van der Waals surface area contributed by atoms with E-state index in [1.807, 2.05) is 6.92 Å². The van der Waals surface area contributed by atoms with E-state index in [2.05, 4.69) is 4.90 Å². The lowest BCUT2D eigenvalue weighted by Gasteiger charge is -2.31. The van der Waals surface area contributed by atoms with Crippen molar-refractivity contribution in [3.8, 4) is 0 Å². The van der Waals surface area contributed by atoms with Crippen LogP contribution in [0.3, 0.4) is 0 Å². The summed E-state index contributed by atoms with van der Waals surface area (Å²) < 4.78 is 0. The second kappa shape index (κ2) is 4.80. The maximum Gasteiger partial charge on any atom is 0.0460 e. The van der Waals surface area contributed by atoms with Crippen LogP contribution in [0.15, 0.2) is 0 Å². The molecule has 0 radical (unpaired) electrons. The molecule has 1 rings (SSSR count). The fourth-order valence-electron chi connectivity index (χ4n) is 1.76. The fraction of sp³-hybridized carbons (Fsp3) is 1.00. The Morgan fingerprint density at radius 2 is 2.08 bits per heavy atom. The monoisotopic (exact) mass is 172 g/mol. The maximum absolute atomic E-state index is 8.92. The van der Waals surface area contributed by atoms with Gasteiger partial charge in [-0.3, -0.25) is 0 Å². The number of aliphatic hydroxyl groups is 1. The second-order valence-electron chi connectivity index (χ2n) is 3.90. The van der Waals surface area contributed by atoms with Crippen molar-refractivity contribution in [3.05, 3.63) is 0 Å². The number of piperidine rings is 1. The summed E-state index contributed by atoms with van der Waals surface area (Å²) in [6.07, 6.45) is 2.26. The molecule has 1 heterocycles. The van der Waals surface area contributed by atoms with Gasteiger partial charge >= 0.3 is 0 Å². The number of hydrogen-bond acceptors (Lipinski definition) is 3. The number of nitrogens with two attached hydrogens (primary N) is 1. The third kappa shape index (κ3) is 3.09. The molecule has 1 saturated heterocycles. The average molecular weight is 172 g/mol. The van der Waals surface area contributed by atoms with E-state index in [0.29, 0.717) is 12.5 Å². The molecular weight excluding hydrogens is 152 g/mol. The number of nitrogens with zero attached hydrogens (tertiary/aromatic N) is 1. The standard InChI is InChI=1S/C9H20N2O/c1-8(10)6-11-4-2-9(7-12)3-5-11/h8-9,12H,2-7,10H2,1H3. The van der Waals surface area contributed by atoms with Gasteiger partial charge in [-0.1, -0.05) is 0 Å². The van der Waals surface area contributed by atoms with E-state index in [1.165, 1.54) is 0 Å². The zero-order valence-electron chi connectivity index (χ0n) is 7.87. The van der Waals surface area contributed by atoms with Gasteiger partial charge in [-0.2, -0.15) is 0 Å². The van der Waals surface area contributed by atoms with E-state index in [-0.39, 0.29) is 6.04 Å². The van der Waals surface area contributed by atoms with Gasteiger partial charge in [0.2, 0.25) is 0 Å². The summed E-state index contributed by atoms with van der Waals surface area (Å²) in [5, 5.41) is 8.92. The van der Waals surface area contributed by atoms with Crippen molar-refractivity contribution in [2.75, 3.05) is 26.2 Å². The van der Waals surface area contributed by atoms with Gasteiger partial charge in [0.15, 0.2) is 0 Å². The summed E-state index contributed by atoms with van der Waals surface area (Å²) >= 11 is 0. The lowest BCUT2D eigenvalue weighted by Crippen LogP contribution is -2.41. The van der Waals surface area contributed by atoms with E-state index >= 15 is 0 Å². The SMILES string of the molecule is CC(N)CN1CCC(CO)CC1. The molecule has 0 saturated carbocycles. The highest BCUT2D eigenvalue weighted by atomic mass is 16.3. The fourth-order valence-corrected chi connectivity index (χ4v) is 1.76. The zero-order chi connectivity index (χ0) is 8.97. The van der Waals surface area contributed by atoms with Crippen LogP contribution in [0.1, 0.15) is 19.8 Å². The highest BCUT2D eigenvalue weighted by molar-refractivity contribution is 4.73. The van der Waals surface area contributed by atoms with Gasteiger partial charge in [0.05, 0.1) is 0 Å². The van der Waals surface area contributed by atoms with Crippen LogP contribution in [-0.4, -0.2) is 42.3 Å². The summed E-state index contributed by atoms with van der Waals surface area (Å²) in [5.74, 6) is 0.536. The quantitative estimate of drug-likeness (QED) is 0.632. The topological polar surface area (TPSA) is 49.5 Å². The van der Waals surface area contributed by atoms with Crippen molar-refractivity contribution < 1.29 is 5.11 Å². The summed E-state index contributed by atoms with van der Waals surface area (Å²) in [4.78, 5) is 2.39. The largest absolute Gasteiger partial charge is 0.396 e. The van der Waals surface area contributed by atoms with Gasteiger partial charge in [0.25, 0.3) is 0 Å². The molecule has 0 aromatic carbocycles. The molecular formula is C9H20N2O. The van der Waals surface area contributed by atoms with E-state index < -0.39 is 0 Å². The molecule has 0 bridgehead atoms. The normalized spacial score (nSPS) is 24.2. The lowest BCUT2D eigenvalue weighted by atomic mass is 9.98. The van der Waals surface area contributed by atoms with Crippen LogP contribution in [0, 0.1) is 5.92 Å². The van der Waals surface area contributed by atoms with Crippen LogP contribution in [-0.2, 0) is 0 Å². The minimum absolute atomic E-state index is 0.274. The maximum atomic E-state index is 8.92. The Kier molecular flexibility index (Phi) is 3.98. The minimum Gasteiger partial charge on any atom is -0.396 e. The van der Waals surface area contributed by atoms with E-state index in [0.717, 1.165) is 32.5 Å². The Balaban J connectivity index is 2.17. The van der Waals surface area contributed by atoms with Gasteiger partial charge < -0.3 is 15.7 Å². The van der Waals surface area contributed by atoms with Crippen LogP contribution in [0.4, 0.5) is 0 Å². The van der Waals surface area contributed by atoms with Gasteiger partial charge in [0, 0.05) is 19.2 Å². The van der Waals surface area contributed by atoms with Gasteiger partial charge in [-0.05, 0) is 38.8 Å². The molecule has 3 nitrogen and oxygen atoms in total. The second-order valence-corrected chi connectivity index (χ2v) is 3.90. The van der Waals surface area contributed by atoms with Crippen molar-refractivity contribution in [2.24, 2.45) is 11.7 Å². The molecule has 72 valence electrons. The van der Waals surface area contributed by atoms with E-state index in [1.54, 1.807) is 0 Å². The number of rotatable bonds is 3. The van der Waals surface area contributed by atoms with E-state index in [9.17, 15) is 0 Å². The first-order valence-electron chi connectivity index (χ1n) is 4.81. The molecule has 1 aliphatic heterocycles. The van der Waals surface area contributed by atoms with Gasteiger partial charge in [-0.25, -0.2) is 0 Å². The highest BCUT2D eigenvalue weighted by Crippen LogP contribution is 2.15. The molecule has 0 aromatic rings. The molecule has 0 amide bonds. The summed E-state index contributed by atoms with van der Waals surface area (Å²) in [6, 6.07) is 0.274. The molecule has 1 aliphatic rings. The third-order valence-corrected chi connectivity index (χ3v) is 2.51. The number of hydrogen-bond donors (Lipinski definition) is 2. The smallest absolute Gasteiger partial charge is 0.0460 e. The zero-order valence-corrected chi connectivity index (χ0v) is 7.87. The highest BCUT2D eigenvalue weighted by Gasteiger charge is 2.18. The van der Waals surface area contributed by atoms with E-state index in [4.69, 9.17) is 10.8 Å². The minimum atomic E-state index is 0.274. The number of likely N-dealkylation sites (tertiary alicyclic amines) is 1. The van der Waals surface area contributed by atoms with Crippen LogP contribution in [0.5, 0.6) is 0 Å². The average Bonchev–Trinajstić information content (AvgIpc) is 2.05. The number of aliphatic hydroxyl groups excluding tert-OH is 1.